The summed E-state index contributed by atoms with van der Waals surface area (Å²) in [5.41, 5.74) is 0.776. The van der Waals surface area contributed by atoms with Gasteiger partial charge < -0.3 is 5.32 Å². The highest BCUT2D eigenvalue weighted by molar-refractivity contribution is 6.31. The number of hydrogen-bond donors (Lipinski definition) is 1. The lowest BCUT2D eigenvalue weighted by atomic mass is 10.0. The molecule has 0 radical (unpaired) electrons. The molecule has 19 heavy (non-hydrogen) atoms. The van der Waals surface area contributed by atoms with Gasteiger partial charge in [0.1, 0.15) is 6.04 Å². The lowest BCUT2D eigenvalue weighted by Crippen LogP contribution is -2.31. The Morgan fingerprint density at radius 2 is 2.00 bits per heavy atom. The molecule has 0 spiro atoms. The lowest BCUT2D eigenvalue weighted by Gasteiger charge is -2.14. The molecular formula is C14H17ClN2O2. The Morgan fingerprint density at radius 3 is 2.63 bits per heavy atom. The Kier molecular flexibility index (Phi) is 4.10. The highest BCUT2D eigenvalue weighted by Gasteiger charge is 2.38. The standard InChI is InChI=1S/C14H17ClN2O2/c1-9(2)7-12-13(18)17(14(19)16-12)8-10-5-3-4-6-11(10)15/h3-6,9,12H,7-8H2,1-2H3,(H,16,19). The molecule has 1 unspecified atom stereocenters. The van der Waals surface area contributed by atoms with Crippen LogP contribution in [0, 0.1) is 5.92 Å². The first-order chi connectivity index (χ1) is 8.99. The van der Waals surface area contributed by atoms with Gasteiger partial charge in [-0.15, -0.1) is 0 Å². The third-order valence-electron chi connectivity index (χ3n) is 3.10. The van der Waals surface area contributed by atoms with E-state index >= 15 is 0 Å². The first kappa shape index (κ1) is 13.9. The number of rotatable bonds is 4. The molecule has 1 aromatic carbocycles. The summed E-state index contributed by atoms with van der Waals surface area (Å²) in [4.78, 5) is 25.2. The van der Waals surface area contributed by atoms with E-state index in [2.05, 4.69) is 5.32 Å². The summed E-state index contributed by atoms with van der Waals surface area (Å²) in [5, 5.41) is 3.28. The summed E-state index contributed by atoms with van der Waals surface area (Å²) >= 11 is 6.05. The monoisotopic (exact) mass is 280 g/mol. The molecule has 0 aliphatic carbocycles. The van der Waals surface area contributed by atoms with Crippen molar-refractivity contribution in [2.75, 3.05) is 0 Å². The van der Waals surface area contributed by atoms with Gasteiger partial charge in [0.05, 0.1) is 6.54 Å². The summed E-state index contributed by atoms with van der Waals surface area (Å²) < 4.78 is 0. The maximum Gasteiger partial charge on any atom is 0.325 e. The predicted octanol–water partition coefficient (Wildman–Crippen LogP) is 2.81. The first-order valence-electron chi connectivity index (χ1n) is 6.34. The van der Waals surface area contributed by atoms with Crippen LogP contribution in [0.25, 0.3) is 0 Å². The number of urea groups is 1. The van der Waals surface area contributed by atoms with Gasteiger partial charge in [0.15, 0.2) is 0 Å². The summed E-state index contributed by atoms with van der Waals surface area (Å²) in [5.74, 6) is 0.188. The van der Waals surface area contributed by atoms with Crippen molar-refractivity contribution in [3.8, 4) is 0 Å². The maximum absolute atomic E-state index is 12.2. The normalized spacial score (nSPS) is 19.2. The molecule has 3 amide bonds. The molecule has 102 valence electrons. The predicted molar refractivity (Wildman–Crippen MR) is 73.8 cm³/mol. The molecule has 0 bridgehead atoms. The van der Waals surface area contributed by atoms with Gasteiger partial charge in [0, 0.05) is 5.02 Å². The number of amides is 3. The van der Waals surface area contributed by atoms with E-state index in [0.29, 0.717) is 17.4 Å². The van der Waals surface area contributed by atoms with Crippen LogP contribution >= 0.6 is 11.6 Å². The largest absolute Gasteiger partial charge is 0.326 e. The van der Waals surface area contributed by atoms with Crippen molar-refractivity contribution in [1.29, 1.82) is 0 Å². The number of nitrogens with zero attached hydrogens (tertiary/aromatic N) is 1. The van der Waals surface area contributed by atoms with Crippen LogP contribution in [0.3, 0.4) is 0 Å². The summed E-state index contributed by atoms with van der Waals surface area (Å²) in [7, 11) is 0. The molecule has 1 aromatic rings. The second-order valence-corrected chi connectivity index (χ2v) is 5.55. The minimum Gasteiger partial charge on any atom is -0.326 e. The lowest BCUT2D eigenvalue weighted by molar-refractivity contribution is -0.128. The van der Waals surface area contributed by atoms with Crippen LogP contribution in [0.15, 0.2) is 24.3 Å². The molecule has 1 atom stereocenters. The molecule has 1 heterocycles. The van der Waals surface area contributed by atoms with Gasteiger partial charge in [0.2, 0.25) is 0 Å². The zero-order chi connectivity index (χ0) is 14.0. The molecule has 0 saturated carbocycles. The van der Waals surface area contributed by atoms with Crippen molar-refractivity contribution in [3.63, 3.8) is 0 Å². The Balaban J connectivity index is 2.11. The average Bonchev–Trinajstić information content (AvgIpc) is 2.59. The molecule has 0 aromatic heterocycles. The number of halogens is 1. The van der Waals surface area contributed by atoms with Crippen molar-refractivity contribution < 1.29 is 9.59 Å². The fraction of sp³-hybridized carbons (Fsp3) is 0.429. The minimum atomic E-state index is -0.407. The van der Waals surface area contributed by atoms with Gasteiger partial charge in [-0.2, -0.15) is 0 Å². The van der Waals surface area contributed by atoms with Gasteiger partial charge in [-0.25, -0.2) is 4.79 Å². The highest BCUT2D eigenvalue weighted by Crippen LogP contribution is 2.21. The summed E-state index contributed by atoms with van der Waals surface area (Å²) in [6, 6.07) is 6.48. The van der Waals surface area contributed by atoms with Crippen LogP contribution in [0.1, 0.15) is 25.8 Å². The zero-order valence-electron chi connectivity index (χ0n) is 11.0. The van der Waals surface area contributed by atoms with E-state index in [4.69, 9.17) is 11.6 Å². The van der Waals surface area contributed by atoms with Crippen molar-refractivity contribution in [2.24, 2.45) is 5.92 Å². The summed E-state index contributed by atoms with van der Waals surface area (Å²) in [6.45, 7) is 4.27. The Hall–Kier alpha value is -1.55. The number of benzene rings is 1. The van der Waals surface area contributed by atoms with Gasteiger partial charge in [-0.1, -0.05) is 43.6 Å². The first-order valence-corrected chi connectivity index (χ1v) is 6.72. The van der Waals surface area contributed by atoms with Crippen molar-refractivity contribution >= 4 is 23.5 Å². The molecular weight excluding hydrogens is 264 g/mol. The molecule has 1 aliphatic rings. The Bertz CT molecular complexity index is 502. The van der Waals surface area contributed by atoms with E-state index in [1.807, 2.05) is 32.0 Å². The number of nitrogens with one attached hydrogen (secondary N) is 1. The zero-order valence-corrected chi connectivity index (χ0v) is 11.8. The number of carbonyl (C=O) groups is 2. The molecule has 1 saturated heterocycles. The van der Waals surface area contributed by atoms with Crippen LogP contribution < -0.4 is 5.32 Å². The molecule has 1 aliphatic heterocycles. The molecule has 1 fully saturated rings. The fourth-order valence-electron chi connectivity index (χ4n) is 2.15. The SMILES string of the molecule is CC(C)CC1NC(=O)N(Cc2ccccc2Cl)C1=O. The van der Waals surface area contributed by atoms with E-state index in [-0.39, 0.29) is 18.5 Å². The highest BCUT2D eigenvalue weighted by atomic mass is 35.5. The molecule has 1 N–H and O–H groups in total. The quantitative estimate of drug-likeness (QED) is 0.862. The second-order valence-electron chi connectivity index (χ2n) is 5.15. The maximum atomic E-state index is 12.2. The number of imide groups is 1. The van der Waals surface area contributed by atoms with E-state index in [0.717, 1.165) is 5.56 Å². The Labute approximate surface area is 117 Å². The topological polar surface area (TPSA) is 49.4 Å². The Morgan fingerprint density at radius 1 is 1.32 bits per heavy atom. The number of carbonyl (C=O) groups excluding carboxylic acids is 2. The van der Waals surface area contributed by atoms with Gasteiger partial charge >= 0.3 is 6.03 Å². The van der Waals surface area contributed by atoms with Crippen LogP contribution in [0.5, 0.6) is 0 Å². The van der Waals surface area contributed by atoms with Crippen molar-refractivity contribution in [1.82, 2.24) is 10.2 Å². The van der Waals surface area contributed by atoms with Gasteiger partial charge in [-0.05, 0) is 24.0 Å². The number of hydrogen-bond acceptors (Lipinski definition) is 2. The fourth-order valence-corrected chi connectivity index (χ4v) is 2.35. The van der Waals surface area contributed by atoms with E-state index < -0.39 is 6.04 Å². The average molecular weight is 281 g/mol. The van der Waals surface area contributed by atoms with E-state index in [9.17, 15) is 9.59 Å². The second kappa shape index (κ2) is 5.61. The van der Waals surface area contributed by atoms with Crippen molar-refractivity contribution in [2.45, 2.75) is 32.9 Å². The smallest absolute Gasteiger partial charge is 0.325 e. The van der Waals surface area contributed by atoms with E-state index in [1.165, 1.54) is 4.90 Å². The van der Waals surface area contributed by atoms with Gasteiger partial charge in [-0.3, -0.25) is 9.69 Å². The summed E-state index contributed by atoms with van der Waals surface area (Å²) in [6.07, 6.45) is 0.656. The third-order valence-corrected chi connectivity index (χ3v) is 3.47. The van der Waals surface area contributed by atoms with Gasteiger partial charge in [0.25, 0.3) is 5.91 Å². The van der Waals surface area contributed by atoms with E-state index in [1.54, 1.807) is 6.07 Å². The molecule has 2 rings (SSSR count). The van der Waals surface area contributed by atoms with Crippen molar-refractivity contribution in [3.05, 3.63) is 34.9 Å². The molecule has 5 heteroatoms. The third kappa shape index (κ3) is 3.07. The van der Waals surface area contributed by atoms with Crippen LogP contribution in [-0.2, 0) is 11.3 Å². The van der Waals surface area contributed by atoms with Crippen LogP contribution in [0.2, 0.25) is 5.02 Å². The minimum absolute atomic E-state index is 0.168. The molecule has 4 nitrogen and oxygen atoms in total. The van der Waals surface area contributed by atoms with Crippen LogP contribution in [0.4, 0.5) is 4.79 Å². The van der Waals surface area contributed by atoms with Crippen LogP contribution in [-0.4, -0.2) is 22.9 Å².